The summed E-state index contributed by atoms with van der Waals surface area (Å²) in [7, 11) is -8.34. The predicted octanol–water partition coefficient (Wildman–Crippen LogP) is 6.35. The van der Waals surface area contributed by atoms with Gasteiger partial charge in [-0.05, 0) is 61.2 Å². The molecule has 0 saturated heterocycles. The second-order valence-electron chi connectivity index (χ2n) is 9.23. The Kier molecular flexibility index (Phi) is 10.3. The van der Waals surface area contributed by atoms with Gasteiger partial charge in [-0.2, -0.15) is 13.0 Å². The number of nitrogens with zero attached hydrogens (tertiary/aromatic N) is 2. The van der Waals surface area contributed by atoms with Crippen LogP contribution in [-0.2, 0) is 26.8 Å². The topological polar surface area (TPSA) is 119 Å². The van der Waals surface area contributed by atoms with E-state index in [1.807, 2.05) is 41.8 Å². The lowest BCUT2D eigenvalue weighted by Crippen LogP contribution is -2.36. The van der Waals surface area contributed by atoms with Crippen molar-refractivity contribution < 1.29 is 30.5 Å². The summed E-state index contributed by atoms with van der Waals surface area (Å²) in [6.45, 7) is 2.94. The Labute approximate surface area is 252 Å². The van der Waals surface area contributed by atoms with Crippen LogP contribution in [0.3, 0.4) is 0 Å². The number of unbranched alkanes of at least 4 members (excludes halogenated alkanes) is 1. The van der Waals surface area contributed by atoms with Crippen LogP contribution in [0.4, 0.5) is 5.69 Å². The van der Waals surface area contributed by atoms with E-state index in [9.17, 15) is 21.4 Å². The molecule has 14 heteroatoms. The van der Waals surface area contributed by atoms with Crippen molar-refractivity contribution >= 4 is 88.5 Å². The van der Waals surface area contributed by atoms with E-state index in [0.29, 0.717) is 42.4 Å². The first kappa shape index (κ1) is 31.3. The molecule has 1 aliphatic rings. The van der Waals surface area contributed by atoms with Crippen molar-refractivity contribution in [2.45, 2.75) is 44.0 Å². The molecule has 1 aromatic heterocycles. The van der Waals surface area contributed by atoms with Crippen molar-refractivity contribution in [3.8, 4) is 0 Å². The van der Waals surface area contributed by atoms with Crippen LogP contribution < -0.4 is 9.47 Å². The van der Waals surface area contributed by atoms with Crippen molar-refractivity contribution in [3.63, 3.8) is 0 Å². The third kappa shape index (κ3) is 8.45. The molecular formula is C26H28Cl2N2O6S4. The molecule has 2 heterocycles. The maximum absolute atomic E-state index is 11.2. The van der Waals surface area contributed by atoms with Crippen molar-refractivity contribution in [3.05, 3.63) is 68.1 Å². The summed E-state index contributed by atoms with van der Waals surface area (Å²) in [6.07, 6.45) is 5.91. The highest BCUT2D eigenvalue weighted by molar-refractivity contribution is 8.03. The van der Waals surface area contributed by atoms with Gasteiger partial charge in [0.1, 0.15) is 4.70 Å². The van der Waals surface area contributed by atoms with Gasteiger partial charge in [0.2, 0.25) is 5.52 Å². The molecule has 0 aliphatic carbocycles. The molecule has 0 atom stereocenters. The Hall–Kier alpha value is -1.64. The van der Waals surface area contributed by atoms with E-state index in [1.54, 1.807) is 29.2 Å². The van der Waals surface area contributed by atoms with Crippen molar-refractivity contribution in [2.24, 2.45) is 0 Å². The standard InChI is InChI=1S/C26H28Cl2N2O6S4/c1-2-18(15-26-30(11-5-13-40(34,35)36)22-17-20(28)7-9-24(22)38-26)14-25-29(10-3-4-12-39(31,32)33)21-16-19(27)6-8-23(21)37-25/h6-9,14-17H,2-5,10-13H2,1H3,(H-,31,32,33,34,35,36). The van der Waals surface area contributed by atoms with Crippen LogP contribution in [-0.4, -0.2) is 44.0 Å². The van der Waals surface area contributed by atoms with E-state index in [1.165, 1.54) is 0 Å². The molecule has 4 rings (SSSR count). The van der Waals surface area contributed by atoms with Gasteiger partial charge in [-0.25, -0.2) is 8.42 Å². The molecule has 0 fully saturated rings. The average Bonchev–Trinajstić information content (AvgIpc) is 3.36. The minimum atomic E-state index is -4.32. The van der Waals surface area contributed by atoms with Crippen LogP contribution in [0.15, 0.2) is 58.0 Å². The fraction of sp³-hybridized carbons (Fsp3) is 0.346. The Morgan fingerprint density at radius 3 is 2.48 bits per heavy atom. The normalized spacial score (nSPS) is 15.4. The monoisotopic (exact) mass is 662 g/mol. The highest BCUT2D eigenvalue weighted by Crippen LogP contribution is 2.47. The lowest BCUT2D eigenvalue weighted by Gasteiger charge is -2.21. The third-order valence-corrected chi connectivity index (χ3v) is 10.5. The molecule has 40 heavy (non-hydrogen) atoms. The summed E-state index contributed by atoms with van der Waals surface area (Å²) in [6, 6.07) is 11.2. The van der Waals surface area contributed by atoms with E-state index in [0.717, 1.165) is 36.4 Å². The zero-order chi connectivity index (χ0) is 29.1. The van der Waals surface area contributed by atoms with Crippen LogP contribution in [0, 0.1) is 0 Å². The van der Waals surface area contributed by atoms with Crippen molar-refractivity contribution in [1.82, 2.24) is 0 Å². The van der Waals surface area contributed by atoms with Crippen molar-refractivity contribution in [1.29, 1.82) is 0 Å². The number of thiazole rings is 1. The van der Waals surface area contributed by atoms with Crippen LogP contribution in [0.5, 0.6) is 0 Å². The van der Waals surface area contributed by atoms with E-state index in [-0.39, 0.29) is 12.2 Å². The SMILES string of the molecule is CCC(=Cc1sc2ccc(Cl)cc2[n+]1CCCS(=O)(=O)[O-])C=C1Sc2ccc(Cl)cc2N1CCCCS(=O)(=O)O. The molecule has 0 amide bonds. The Balaban J connectivity index is 1.68. The minimum Gasteiger partial charge on any atom is -0.748 e. The fourth-order valence-corrected chi connectivity index (χ4v) is 8.02. The Morgan fingerprint density at radius 2 is 1.77 bits per heavy atom. The fourth-order valence-electron chi connectivity index (χ4n) is 4.34. The maximum atomic E-state index is 11.2. The summed E-state index contributed by atoms with van der Waals surface area (Å²) < 4.78 is 68.0. The second kappa shape index (κ2) is 13.1. The summed E-state index contributed by atoms with van der Waals surface area (Å²) in [5.74, 6) is -0.741. The van der Waals surface area contributed by atoms with Gasteiger partial charge in [0.25, 0.3) is 15.1 Å². The van der Waals surface area contributed by atoms with E-state index < -0.39 is 26.0 Å². The number of thioether (sulfide) groups is 1. The zero-order valence-electron chi connectivity index (χ0n) is 21.5. The number of benzene rings is 2. The molecule has 3 aromatic rings. The van der Waals surface area contributed by atoms with Gasteiger partial charge in [-0.3, -0.25) is 4.55 Å². The number of rotatable bonds is 12. The highest BCUT2D eigenvalue weighted by atomic mass is 35.5. The molecule has 1 aliphatic heterocycles. The summed E-state index contributed by atoms with van der Waals surface area (Å²) in [5, 5.41) is 3.02. The molecule has 1 N–H and O–H groups in total. The number of aromatic nitrogens is 1. The molecule has 8 nitrogen and oxygen atoms in total. The van der Waals surface area contributed by atoms with Crippen LogP contribution in [0.25, 0.3) is 16.3 Å². The van der Waals surface area contributed by atoms with Crippen molar-refractivity contribution in [2.75, 3.05) is 23.0 Å². The largest absolute Gasteiger partial charge is 0.748 e. The first-order chi connectivity index (χ1) is 18.8. The molecule has 216 valence electrons. The number of anilines is 1. The third-order valence-electron chi connectivity index (χ3n) is 6.22. The average molecular weight is 664 g/mol. The maximum Gasteiger partial charge on any atom is 0.264 e. The van der Waals surface area contributed by atoms with Gasteiger partial charge in [0.05, 0.1) is 26.6 Å². The van der Waals surface area contributed by atoms with Crippen LogP contribution in [0.1, 0.15) is 37.6 Å². The molecule has 0 saturated carbocycles. The van der Waals surface area contributed by atoms with E-state index in [4.69, 9.17) is 27.8 Å². The molecule has 0 bridgehead atoms. The first-order valence-electron chi connectivity index (χ1n) is 12.5. The summed E-state index contributed by atoms with van der Waals surface area (Å²) >= 11 is 15.7. The summed E-state index contributed by atoms with van der Waals surface area (Å²) in [4.78, 5) is 3.14. The highest BCUT2D eigenvalue weighted by Gasteiger charge is 2.26. The number of fused-ring (bicyclic) bond motifs is 2. The number of hydrogen-bond acceptors (Lipinski definition) is 8. The number of allylic oxidation sites excluding steroid dienone is 2. The second-order valence-corrected chi connectivity index (χ2v) is 15.3. The molecule has 2 aromatic carbocycles. The van der Waals surface area contributed by atoms with Gasteiger partial charge in [-0.15, -0.1) is 0 Å². The number of aryl methyl sites for hydroxylation is 1. The lowest BCUT2D eigenvalue weighted by molar-refractivity contribution is -0.668. The van der Waals surface area contributed by atoms with Crippen LogP contribution in [0.2, 0.25) is 10.0 Å². The molecular weight excluding hydrogens is 635 g/mol. The first-order valence-corrected chi connectivity index (χ1v) is 18.1. The molecule has 0 unspecified atom stereocenters. The number of hydrogen-bond donors (Lipinski definition) is 1. The molecule has 0 spiro atoms. The summed E-state index contributed by atoms with van der Waals surface area (Å²) in [5.41, 5.74) is 2.83. The minimum absolute atomic E-state index is 0.182. The van der Waals surface area contributed by atoms with Gasteiger partial charge in [-0.1, -0.05) is 53.2 Å². The lowest BCUT2D eigenvalue weighted by atomic mass is 10.2. The Bertz CT molecular complexity index is 1680. The molecule has 0 radical (unpaired) electrons. The predicted molar refractivity (Wildman–Crippen MR) is 163 cm³/mol. The Morgan fingerprint density at radius 1 is 1.05 bits per heavy atom. The van der Waals surface area contributed by atoms with E-state index in [2.05, 4.69) is 17.1 Å². The van der Waals surface area contributed by atoms with Crippen LogP contribution >= 0.6 is 46.3 Å². The quantitative estimate of drug-likeness (QED) is 0.135. The van der Waals surface area contributed by atoms with Gasteiger partial charge in [0.15, 0.2) is 6.54 Å². The van der Waals surface area contributed by atoms with Gasteiger partial charge < -0.3 is 9.45 Å². The number of halogens is 2. The van der Waals surface area contributed by atoms with E-state index >= 15 is 0 Å². The van der Waals surface area contributed by atoms with Gasteiger partial charge >= 0.3 is 0 Å². The smallest absolute Gasteiger partial charge is 0.264 e. The zero-order valence-corrected chi connectivity index (χ0v) is 26.3. The van der Waals surface area contributed by atoms with Gasteiger partial charge in [0, 0.05) is 45.8 Å².